The lowest BCUT2D eigenvalue weighted by molar-refractivity contribution is 0.340. The normalized spacial score (nSPS) is 14.3. The first kappa shape index (κ1) is 12.9. The molecule has 104 valence electrons. The van der Waals surface area contributed by atoms with Crippen LogP contribution in [0.1, 0.15) is 37.1 Å². The molecule has 4 nitrogen and oxygen atoms in total. The van der Waals surface area contributed by atoms with Crippen molar-refractivity contribution in [3.8, 4) is 17.0 Å². The number of hydrogen-bond donors (Lipinski definition) is 1. The number of anilines is 1. The molecule has 1 aromatic carbocycles. The molecule has 1 aliphatic carbocycles. The van der Waals surface area contributed by atoms with Crippen molar-refractivity contribution in [3.63, 3.8) is 0 Å². The second-order valence-electron chi connectivity index (χ2n) is 5.17. The third kappa shape index (κ3) is 2.46. The number of nitrogen functional groups attached to an aromatic ring is 1. The monoisotopic (exact) mass is 269 g/mol. The van der Waals surface area contributed by atoms with Crippen LogP contribution >= 0.6 is 0 Å². The lowest BCUT2D eigenvalue weighted by Gasteiger charge is -2.10. The summed E-state index contributed by atoms with van der Waals surface area (Å²) in [5.41, 5.74) is 8.96. The van der Waals surface area contributed by atoms with Crippen molar-refractivity contribution in [1.82, 2.24) is 9.97 Å². The highest BCUT2D eigenvalue weighted by Gasteiger charge is 2.28. The van der Waals surface area contributed by atoms with E-state index >= 15 is 0 Å². The molecule has 1 fully saturated rings. The zero-order valence-corrected chi connectivity index (χ0v) is 11.9. The fourth-order valence-electron chi connectivity index (χ4n) is 2.23. The van der Waals surface area contributed by atoms with Gasteiger partial charge in [-0.05, 0) is 51.0 Å². The molecular weight excluding hydrogens is 250 g/mol. The van der Waals surface area contributed by atoms with E-state index in [0.29, 0.717) is 18.3 Å². The average molecular weight is 269 g/mol. The molecule has 1 aromatic heterocycles. The van der Waals surface area contributed by atoms with Gasteiger partial charge in [0.05, 0.1) is 12.3 Å². The zero-order chi connectivity index (χ0) is 14.1. The number of benzene rings is 1. The Hall–Kier alpha value is -2.10. The van der Waals surface area contributed by atoms with Crippen molar-refractivity contribution < 1.29 is 4.74 Å². The van der Waals surface area contributed by atoms with E-state index in [-0.39, 0.29) is 0 Å². The summed E-state index contributed by atoms with van der Waals surface area (Å²) in [7, 11) is 0. The van der Waals surface area contributed by atoms with E-state index in [1.807, 2.05) is 38.1 Å². The number of hydrogen-bond acceptors (Lipinski definition) is 4. The van der Waals surface area contributed by atoms with Crippen LogP contribution in [-0.4, -0.2) is 16.6 Å². The number of ether oxygens (including phenoxy) is 1. The van der Waals surface area contributed by atoms with Gasteiger partial charge in [0.2, 0.25) is 0 Å². The summed E-state index contributed by atoms with van der Waals surface area (Å²) in [6.45, 7) is 4.62. The van der Waals surface area contributed by atoms with Gasteiger partial charge in [-0.1, -0.05) is 0 Å². The van der Waals surface area contributed by atoms with Crippen LogP contribution in [0.25, 0.3) is 11.3 Å². The van der Waals surface area contributed by atoms with E-state index in [4.69, 9.17) is 15.5 Å². The van der Waals surface area contributed by atoms with E-state index in [0.717, 1.165) is 28.4 Å². The van der Waals surface area contributed by atoms with E-state index in [2.05, 4.69) is 4.98 Å². The largest absolute Gasteiger partial charge is 0.494 e. The van der Waals surface area contributed by atoms with E-state index in [1.165, 1.54) is 12.8 Å². The molecule has 0 amide bonds. The van der Waals surface area contributed by atoms with Crippen molar-refractivity contribution >= 4 is 5.82 Å². The van der Waals surface area contributed by atoms with Crippen LogP contribution < -0.4 is 10.5 Å². The predicted octanol–water partition coefficient (Wildman–Crippen LogP) is 3.31. The van der Waals surface area contributed by atoms with Gasteiger partial charge >= 0.3 is 0 Å². The standard InChI is InChI=1S/C16H19N3O/c1-3-20-13-8-6-11(7-9-13)14-10(2)15(17)19-16(18-14)12-4-5-12/h6-9,12H,3-5H2,1-2H3,(H2,17,18,19). The number of aromatic nitrogens is 2. The predicted molar refractivity (Wildman–Crippen MR) is 79.8 cm³/mol. The molecular formula is C16H19N3O. The molecule has 2 N–H and O–H groups in total. The van der Waals surface area contributed by atoms with Crippen LogP contribution in [0.4, 0.5) is 5.82 Å². The Morgan fingerprint density at radius 3 is 2.50 bits per heavy atom. The molecule has 0 atom stereocenters. The summed E-state index contributed by atoms with van der Waals surface area (Å²) in [6.07, 6.45) is 2.34. The average Bonchev–Trinajstić information content (AvgIpc) is 3.28. The molecule has 0 unspecified atom stereocenters. The molecule has 0 radical (unpaired) electrons. The summed E-state index contributed by atoms with van der Waals surface area (Å²) < 4.78 is 5.47. The second-order valence-corrected chi connectivity index (χ2v) is 5.17. The Bertz CT molecular complexity index is 618. The van der Waals surface area contributed by atoms with Crippen molar-refractivity contribution in [2.75, 3.05) is 12.3 Å². The molecule has 1 heterocycles. The zero-order valence-electron chi connectivity index (χ0n) is 11.9. The molecule has 0 spiro atoms. The summed E-state index contributed by atoms with van der Waals surface area (Å²) >= 11 is 0. The van der Waals surface area contributed by atoms with Gasteiger partial charge < -0.3 is 10.5 Å². The Labute approximate surface area is 119 Å². The quantitative estimate of drug-likeness (QED) is 0.925. The lowest BCUT2D eigenvalue weighted by Crippen LogP contribution is -2.04. The van der Waals surface area contributed by atoms with Gasteiger partial charge in [-0.25, -0.2) is 9.97 Å². The first-order valence-electron chi connectivity index (χ1n) is 7.06. The van der Waals surface area contributed by atoms with Crippen LogP contribution in [-0.2, 0) is 0 Å². The lowest BCUT2D eigenvalue weighted by atomic mass is 10.1. The molecule has 4 heteroatoms. The molecule has 0 bridgehead atoms. The summed E-state index contributed by atoms with van der Waals surface area (Å²) in [6, 6.07) is 7.98. The Balaban J connectivity index is 1.99. The Kier molecular flexibility index (Phi) is 3.30. The highest BCUT2D eigenvalue weighted by Crippen LogP contribution is 2.39. The van der Waals surface area contributed by atoms with Crippen LogP contribution in [0.15, 0.2) is 24.3 Å². The maximum atomic E-state index is 6.03. The summed E-state index contributed by atoms with van der Waals surface area (Å²) in [5.74, 6) is 2.85. The minimum atomic E-state index is 0.499. The molecule has 3 rings (SSSR count). The third-order valence-corrected chi connectivity index (χ3v) is 3.58. The van der Waals surface area contributed by atoms with Crippen molar-refractivity contribution in [3.05, 3.63) is 35.7 Å². The SMILES string of the molecule is CCOc1ccc(-c2nc(C3CC3)nc(N)c2C)cc1. The number of rotatable bonds is 4. The summed E-state index contributed by atoms with van der Waals surface area (Å²) in [5, 5.41) is 0. The maximum Gasteiger partial charge on any atom is 0.134 e. The van der Waals surface area contributed by atoms with Crippen molar-refractivity contribution in [2.24, 2.45) is 0 Å². The molecule has 2 aromatic rings. The molecule has 1 aliphatic rings. The van der Waals surface area contributed by atoms with Crippen LogP contribution in [0.2, 0.25) is 0 Å². The highest BCUT2D eigenvalue weighted by molar-refractivity contribution is 5.68. The van der Waals surface area contributed by atoms with Gasteiger partial charge in [-0.2, -0.15) is 0 Å². The topological polar surface area (TPSA) is 61.0 Å². The third-order valence-electron chi connectivity index (χ3n) is 3.58. The van der Waals surface area contributed by atoms with E-state index in [1.54, 1.807) is 0 Å². The molecule has 20 heavy (non-hydrogen) atoms. The molecule has 1 saturated carbocycles. The fourth-order valence-corrected chi connectivity index (χ4v) is 2.23. The minimum absolute atomic E-state index is 0.499. The Morgan fingerprint density at radius 1 is 1.20 bits per heavy atom. The van der Waals surface area contributed by atoms with Crippen molar-refractivity contribution in [2.45, 2.75) is 32.6 Å². The molecule has 0 aliphatic heterocycles. The van der Waals surface area contributed by atoms with Gasteiger partial charge in [0.15, 0.2) is 0 Å². The maximum absolute atomic E-state index is 6.03. The van der Waals surface area contributed by atoms with Crippen molar-refractivity contribution in [1.29, 1.82) is 0 Å². The van der Waals surface area contributed by atoms with Gasteiger partial charge in [-0.15, -0.1) is 0 Å². The molecule has 0 saturated heterocycles. The fraction of sp³-hybridized carbons (Fsp3) is 0.375. The van der Waals surface area contributed by atoms with E-state index in [9.17, 15) is 0 Å². The van der Waals surface area contributed by atoms with Gasteiger partial charge in [-0.3, -0.25) is 0 Å². The summed E-state index contributed by atoms with van der Waals surface area (Å²) in [4.78, 5) is 9.12. The first-order chi connectivity index (χ1) is 9.69. The van der Waals surface area contributed by atoms with Crippen LogP contribution in [0, 0.1) is 6.92 Å². The first-order valence-corrected chi connectivity index (χ1v) is 7.06. The number of nitrogens with two attached hydrogens (primary N) is 1. The second kappa shape index (κ2) is 5.12. The van der Waals surface area contributed by atoms with Gasteiger partial charge in [0.1, 0.15) is 17.4 Å². The van der Waals surface area contributed by atoms with Gasteiger partial charge in [0, 0.05) is 17.0 Å². The highest BCUT2D eigenvalue weighted by atomic mass is 16.5. The van der Waals surface area contributed by atoms with Gasteiger partial charge in [0.25, 0.3) is 0 Å². The van der Waals surface area contributed by atoms with Crippen LogP contribution in [0.5, 0.6) is 5.75 Å². The Morgan fingerprint density at radius 2 is 1.90 bits per heavy atom. The number of nitrogens with zero attached hydrogens (tertiary/aromatic N) is 2. The minimum Gasteiger partial charge on any atom is -0.494 e. The van der Waals surface area contributed by atoms with Crippen LogP contribution in [0.3, 0.4) is 0 Å². The smallest absolute Gasteiger partial charge is 0.134 e. The van der Waals surface area contributed by atoms with E-state index < -0.39 is 0 Å².